The normalized spacial score (nSPS) is 46.1. The van der Waals surface area contributed by atoms with Crippen LogP contribution in [0.1, 0.15) is 26.7 Å². The molecule has 5 atom stereocenters. The molecule has 7 heteroatoms. The molecule has 4 saturated heterocycles. The van der Waals surface area contributed by atoms with Crippen molar-refractivity contribution >= 4 is 11.8 Å². The summed E-state index contributed by atoms with van der Waals surface area (Å²) >= 11 is 0. The van der Waals surface area contributed by atoms with Crippen molar-refractivity contribution in [3.63, 3.8) is 0 Å². The van der Waals surface area contributed by atoms with Gasteiger partial charge in [-0.3, -0.25) is 14.5 Å². The predicted molar refractivity (Wildman–Crippen MR) is 63.3 cm³/mol. The monoisotopic (exact) mass is 283 g/mol. The van der Waals surface area contributed by atoms with Crippen molar-refractivity contribution < 1.29 is 28.5 Å². The topological polar surface area (TPSA) is 74.3 Å². The molecule has 2 bridgehead atoms. The number of fused-ring (bicyclic) bond motifs is 4. The second-order valence-corrected chi connectivity index (χ2v) is 6.09. The van der Waals surface area contributed by atoms with E-state index in [1.807, 2.05) is 13.8 Å². The molecule has 4 fully saturated rings. The average molecular weight is 283 g/mol. The first-order valence-corrected chi connectivity index (χ1v) is 6.94. The highest BCUT2D eigenvalue weighted by Crippen LogP contribution is 2.43. The fraction of sp³-hybridized carbons (Fsp3) is 0.846. The maximum Gasteiger partial charge on any atom is 0.230 e. The highest BCUT2D eigenvalue weighted by atomic mass is 16.8. The number of imide groups is 1. The zero-order valence-corrected chi connectivity index (χ0v) is 11.4. The van der Waals surface area contributed by atoms with Gasteiger partial charge in [-0.25, -0.2) is 0 Å². The molecule has 0 aliphatic carbocycles. The first kappa shape index (κ1) is 12.7. The molecule has 4 aliphatic rings. The Morgan fingerprint density at radius 1 is 1.10 bits per heavy atom. The molecule has 7 nitrogen and oxygen atoms in total. The van der Waals surface area contributed by atoms with E-state index in [9.17, 15) is 9.59 Å². The van der Waals surface area contributed by atoms with Gasteiger partial charge in [0.05, 0.1) is 6.61 Å². The summed E-state index contributed by atoms with van der Waals surface area (Å²) in [4.78, 5) is 25.3. The van der Waals surface area contributed by atoms with Gasteiger partial charge < -0.3 is 18.9 Å². The predicted octanol–water partition coefficient (Wildman–Crippen LogP) is -0.221. The first-order chi connectivity index (χ1) is 9.46. The summed E-state index contributed by atoms with van der Waals surface area (Å²) in [5.41, 5.74) is 0. The van der Waals surface area contributed by atoms with Gasteiger partial charge in [0, 0.05) is 12.8 Å². The van der Waals surface area contributed by atoms with Crippen molar-refractivity contribution in [2.75, 3.05) is 6.61 Å². The molecule has 0 aromatic rings. The van der Waals surface area contributed by atoms with Crippen LogP contribution in [0.15, 0.2) is 0 Å². The van der Waals surface area contributed by atoms with Crippen LogP contribution in [0.25, 0.3) is 0 Å². The lowest BCUT2D eigenvalue weighted by atomic mass is 9.98. The number of amides is 2. The molecule has 0 unspecified atom stereocenters. The number of hydrogen-bond acceptors (Lipinski definition) is 6. The number of ether oxygens (including phenoxy) is 4. The molecule has 0 aromatic heterocycles. The molecule has 20 heavy (non-hydrogen) atoms. The molecule has 4 heterocycles. The first-order valence-electron chi connectivity index (χ1n) is 6.94. The van der Waals surface area contributed by atoms with Gasteiger partial charge in [0.25, 0.3) is 0 Å². The third-order valence-electron chi connectivity index (χ3n) is 4.27. The minimum atomic E-state index is -0.743. The Morgan fingerprint density at radius 2 is 1.75 bits per heavy atom. The summed E-state index contributed by atoms with van der Waals surface area (Å²) in [5, 5.41) is 0. The number of nitrogens with zero attached hydrogens (tertiary/aromatic N) is 1. The van der Waals surface area contributed by atoms with Crippen molar-refractivity contribution in [1.29, 1.82) is 0 Å². The molecule has 2 amide bonds. The number of rotatable bonds is 1. The minimum Gasteiger partial charge on any atom is -0.348 e. The van der Waals surface area contributed by atoms with Crippen LogP contribution in [0, 0.1) is 0 Å². The number of hydrogen-bond donors (Lipinski definition) is 0. The van der Waals surface area contributed by atoms with Crippen LogP contribution in [0.3, 0.4) is 0 Å². The van der Waals surface area contributed by atoms with Crippen LogP contribution in [0.5, 0.6) is 0 Å². The van der Waals surface area contributed by atoms with Crippen LogP contribution >= 0.6 is 0 Å². The highest BCUT2D eigenvalue weighted by molar-refractivity contribution is 6.02. The molecule has 0 aromatic carbocycles. The fourth-order valence-corrected chi connectivity index (χ4v) is 3.51. The highest BCUT2D eigenvalue weighted by Gasteiger charge is 2.61. The molecule has 4 aliphatic heterocycles. The van der Waals surface area contributed by atoms with Gasteiger partial charge in [0.2, 0.25) is 11.8 Å². The summed E-state index contributed by atoms with van der Waals surface area (Å²) in [5.74, 6) is -1.12. The van der Waals surface area contributed by atoms with E-state index in [1.165, 1.54) is 4.90 Å². The molecule has 0 saturated carbocycles. The molecule has 0 N–H and O–H groups in total. The third-order valence-corrected chi connectivity index (χ3v) is 4.27. The van der Waals surface area contributed by atoms with E-state index in [4.69, 9.17) is 18.9 Å². The molecule has 0 radical (unpaired) electrons. The Labute approximate surface area is 116 Å². The maximum absolute atomic E-state index is 12.0. The zero-order chi connectivity index (χ0) is 14.1. The lowest BCUT2D eigenvalue weighted by Gasteiger charge is -2.39. The molecular weight excluding hydrogens is 266 g/mol. The van der Waals surface area contributed by atoms with E-state index in [-0.39, 0.29) is 43.0 Å². The minimum absolute atomic E-state index is 0.190. The van der Waals surface area contributed by atoms with Gasteiger partial charge in [-0.2, -0.15) is 0 Å². The van der Waals surface area contributed by atoms with Crippen LogP contribution in [0.4, 0.5) is 0 Å². The Hall–Kier alpha value is -1.02. The van der Waals surface area contributed by atoms with Crippen molar-refractivity contribution in [2.45, 2.75) is 63.1 Å². The Bertz CT molecular complexity index is 461. The van der Waals surface area contributed by atoms with Gasteiger partial charge in [-0.15, -0.1) is 0 Å². The maximum atomic E-state index is 12.0. The van der Waals surface area contributed by atoms with Gasteiger partial charge in [-0.1, -0.05) is 0 Å². The Kier molecular flexibility index (Phi) is 2.54. The smallest absolute Gasteiger partial charge is 0.230 e. The fourth-order valence-electron chi connectivity index (χ4n) is 3.51. The van der Waals surface area contributed by atoms with Crippen LogP contribution in [-0.4, -0.2) is 59.8 Å². The van der Waals surface area contributed by atoms with E-state index in [1.54, 1.807) is 0 Å². The summed E-state index contributed by atoms with van der Waals surface area (Å²) in [6.07, 6.45) is -1.02. The van der Waals surface area contributed by atoms with E-state index in [0.29, 0.717) is 6.61 Å². The summed E-state index contributed by atoms with van der Waals surface area (Å²) in [6.45, 7) is 4.05. The standard InChI is InChI=1S/C13H17NO6/c1-13(2)19-10-6-5-17-12(18-6)9(11(10)20-13)14-7(15)3-4-8(14)16/h6,9-12H,3-5H2,1-2H3/t6-,9+,10-,11-,12-/m1/s1. The van der Waals surface area contributed by atoms with Crippen LogP contribution in [-0.2, 0) is 28.5 Å². The summed E-state index contributed by atoms with van der Waals surface area (Å²) in [6, 6.07) is -0.553. The average Bonchev–Trinajstić information content (AvgIpc) is 3.01. The van der Waals surface area contributed by atoms with Gasteiger partial charge in [0.15, 0.2) is 12.1 Å². The molecular formula is C13H17NO6. The van der Waals surface area contributed by atoms with Crippen LogP contribution in [0.2, 0.25) is 0 Å². The Morgan fingerprint density at radius 3 is 2.45 bits per heavy atom. The number of carbonyl (C=O) groups excluding carboxylic acids is 2. The summed E-state index contributed by atoms with van der Waals surface area (Å²) < 4.78 is 23.1. The number of likely N-dealkylation sites (tertiary alicyclic amines) is 1. The van der Waals surface area contributed by atoms with Gasteiger partial charge in [-0.05, 0) is 13.8 Å². The SMILES string of the molecule is CC1(C)O[C@H]2[C@H](O1)[C@H]1CO[C@H](O1)[C@H]2N1C(=O)CCC1=O. The van der Waals surface area contributed by atoms with Crippen molar-refractivity contribution in [1.82, 2.24) is 4.90 Å². The third kappa shape index (κ3) is 1.67. The number of carbonyl (C=O) groups is 2. The molecule has 110 valence electrons. The van der Waals surface area contributed by atoms with Crippen LogP contribution < -0.4 is 0 Å². The lowest BCUT2D eigenvalue weighted by Crippen LogP contribution is -2.60. The van der Waals surface area contributed by atoms with Crippen molar-refractivity contribution in [3.8, 4) is 0 Å². The Balaban J connectivity index is 1.70. The van der Waals surface area contributed by atoms with Crippen molar-refractivity contribution in [3.05, 3.63) is 0 Å². The second kappa shape index (κ2) is 4.00. The van der Waals surface area contributed by atoms with E-state index in [0.717, 1.165) is 0 Å². The zero-order valence-electron chi connectivity index (χ0n) is 11.4. The second-order valence-electron chi connectivity index (χ2n) is 6.09. The van der Waals surface area contributed by atoms with E-state index < -0.39 is 18.1 Å². The van der Waals surface area contributed by atoms with Gasteiger partial charge >= 0.3 is 0 Å². The van der Waals surface area contributed by atoms with Gasteiger partial charge in [0.1, 0.15) is 24.4 Å². The molecule has 4 rings (SSSR count). The quantitative estimate of drug-likeness (QED) is 0.619. The molecule has 0 spiro atoms. The largest absolute Gasteiger partial charge is 0.348 e. The van der Waals surface area contributed by atoms with Crippen molar-refractivity contribution in [2.24, 2.45) is 0 Å². The lowest BCUT2D eigenvalue weighted by molar-refractivity contribution is -0.190. The van der Waals surface area contributed by atoms with E-state index in [2.05, 4.69) is 0 Å². The van der Waals surface area contributed by atoms with E-state index >= 15 is 0 Å². The summed E-state index contributed by atoms with van der Waals surface area (Å²) in [7, 11) is 0.